The average molecular weight is 371 g/mol. The predicted octanol–water partition coefficient (Wildman–Crippen LogP) is 3.46. The fraction of sp³-hybridized carbons (Fsp3) is 0.571. The first-order chi connectivity index (χ1) is 13.2. The molecule has 0 bridgehead atoms. The van der Waals surface area contributed by atoms with E-state index in [-0.39, 0.29) is 6.10 Å². The summed E-state index contributed by atoms with van der Waals surface area (Å²) >= 11 is 0. The first-order valence-corrected chi connectivity index (χ1v) is 10.0. The fourth-order valence-corrected chi connectivity index (χ4v) is 3.98. The molecule has 3 heterocycles. The summed E-state index contributed by atoms with van der Waals surface area (Å²) < 4.78 is 19.2. The average Bonchev–Trinajstić information content (AvgIpc) is 3.35. The maximum Gasteiger partial charge on any atom is 0.231 e. The largest absolute Gasteiger partial charge is 0.454 e. The zero-order chi connectivity index (χ0) is 18.6. The third-order valence-corrected chi connectivity index (χ3v) is 5.47. The monoisotopic (exact) mass is 371 g/mol. The lowest BCUT2D eigenvalue weighted by atomic mass is 9.99. The highest BCUT2D eigenvalue weighted by Gasteiger charge is 2.31. The fourth-order valence-electron chi connectivity index (χ4n) is 3.98. The summed E-state index contributed by atoms with van der Waals surface area (Å²) in [4.78, 5) is 4.57. The number of nitrogens with one attached hydrogen (secondary N) is 1. The Labute approximate surface area is 160 Å². The standard InChI is InChI=1S/C21H29N3O3/c1-3-24-11-10-22-21(24)20-17(5-4-12-25-20)23-15(2)6-7-16-8-9-18-19(13-16)27-14-26-18/h8-11,13,15,17,20,23H,3-7,12,14H2,1-2H3/t15-,17+,20+/m1/s1. The second kappa shape index (κ2) is 8.31. The molecule has 2 aromatic rings. The van der Waals surface area contributed by atoms with Crippen molar-refractivity contribution >= 4 is 0 Å². The van der Waals surface area contributed by atoms with Crippen LogP contribution in [0.15, 0.2) is 30.6 Å². The third-order valence-electron chi connectivity index (χ3n) is 5.47. The van der Waals surface area contributed by atoms with E-state index in [0.29, 0.717) is 18.9 Å². The van der Waals surface area contributed by atoms with Gasteiger partial charge in [-0.05, 0) is 57.2 Å². The molecule has 3 atom stereocenters. The van der Waals surface area contributed by atoms with Gasteiger partial charge < -0.3 is 24.1 Å². The highest BCUT2D eigenvalue weighted by atomic mass is 16.7. The van der Waals surface area contributed by atoms with Crippen LogP contribution in [0.4, 0.5) is 0 Å². The summed E-state index contributed by atoms with van der Waals surface area (Å²) in [5, 5.41) is 3.80. The van der Waals surface area contributed by atoms with Crippen molar-refractivity contribution in [2.75, 3.05) is 13.4 Å². The molecule has 0 unspecified atom stereocenters. The summed E-state index contributed by atoms with van der Waals surface area (Å²) in [5.74, 6) is 2.75. The van der Waals surface area contributed by atoms with Gasteiger partial charge in [0, 0.05) is 37.6 Å². The van der Waals surface area contributed by atoms with Gasteiger partial charge in [-0.25, -0.2) is 4.98 Å². The zero-order valence-corrected chi connectivity index (χ0v) is 16.2. The van der Waals surface area contributed by atoms with E-state index in [1.165, 1.54) is 5.56 Å². The van der Waals surface area contributed by atoms with Crippen molar-refractivity contribution in [2.24, 2.45) is 0 Å². The van der Waals surface area contributed by atoms with Gasteiger partial charge in [0.25, 0.3) is 0 Å². The van der Waals surface area contributed by atoms with Crippen LogP contribution in [0.25, 0.3) is 0 Å². The van der Waals surface area contributed by atoms with Gasteiger partial charge in [-0.2, -0.15) is 0 Å². The van der Waals surface area contributed by atoms with Crippen LogP contribution in [0.3, 0.4) is 0 Å². The molecule has 4 rings (SSSR count). The van der Waals surface area contributed by atoms with Gasteiger partial charge in [0.05, 0.1) is 0 Å². The van der Waals surface area contributed by atoms with Gasteiger partial charge in [-0.15, -0.1) is 0 Å². The number of hydrogen-bond donors (Lipinski definition) is 1. The van der Waals surface area contributed by atoms with Crippen LogP contribution >= 0.6 is 0 Å². The molecule has 1 aromatic carbocycles. The Morgan fingerprint density at radius 1 is 1.30 bits per heavy atom. The van der Waals surface area contributed by atoms with Gasteiger partial charge in [0.15, 0.2) is 11.5 Å². The Morgan fingerprint density at radius 2 is 2.19 bits per heavy atom. The Bertz CT molecular complexity index is 761. The number of imidazole rings is 1. The maximum absolute atomic E-state index is 6.12. The van der Waals surface area contributed by atoms with E-state index < -0.39 is 0 Å². The Kier molecular flexibility index (Phi) is 5.64. The molecule has 0 spiro atoms. The lowest BCUT2D eigenvalue weighted by Crippen LogP contribution is -2.44. The molecule has 1 saturated heterocycles. The zero-order valence-electron chi connectivity index (χ0n) is 16.2. The van der Waals surface area contributed by atoms with E-state index in [4.69, 9.17) is 14.2 Å². The van der Waals surface area contributed by atoms with Crippen LogP contribution in [0.2, 0.25) is 0 Å². The van der Waals surface area contributed by atoms with Gasteiger partial charge in [-0.1, -0.05) is 6.07 Å². The molecular formula is C21H29N3O3. The second-order valence-electron chi connectivity index (χ2n) is 7.41. The minimum absolute atomic E-state index is 0.0293. The summed E-state index contributed by atoms with van der Waals surface area (Å²) in [6.45, 7) is 6.45. The van der Waals surface area contributed by atoms with Gasteiger partial charge in [-0.3, -0.25) is 0 Å². The number of nitrogens with zero attached hydrogens (tertiary/aromatic N) is 2. The molecule has 2 aliphatic rings. The Hall–Kier alpha value is -2.05. The normalized spacial score (nSPS) is 22.7. The van der Waals surface area contributed by atoms with Crippen LogP contribution in [0.1, 0.15) is 50.6 Å². The molecule has 146 valence electrons. The van der Waals surface area contributed by atoms with Gasteiger partial charge >= 0.3 is 0 Å². The van der Waals surface area contributed by atoms with Crippen molar-refractivity contribution in [2.45, 2.75) is 64.3 Å². The van der Waals surface area contributed by atoms with E-state index in [1.807, 2.05) is 18.5 Å². The SMILES string of the molecule is CCn1ccnc1[C@H]1OCCC[C@@H]1N[C@H](C)CCc1ccc2c(c1)OCO2. The molecule has 2 aliphatic heterocycles. The Morgan fingerprint density at radius 3 is 3.07 bits per heavy atom. The molecule has 0 amide bonds. The lowest BCUT2D eigenvalue weighted by molar-refractivity contribution is -0.0205. The minimum Gasteiger partial charge on any atom is -0.454 e. The molecule has 1 N–H and O–H groups in total. The molecule has 6 nitrogen and oxygen atoms in total. The number of hydrogen-bond acceptors (Lipinski definition) is 5. The third kappa shape index (κ3) is 4.12. The number of aromatic nitrogens is 2. The summed E-state index contributed by atoms with van der Waals surface area (Å²) in [5.41, 5.74) is 1.28. The molecule has 6 heteroatoms. The van der Waals surface area contributed by atoms with Crippen molar-refractivity contribution in [1.82, 2.24) is 14.9 Å². The predicted molar refractivity (Wildman–Crippen MR) is 103 cm³/mol. The van der Waals surface area contributed by atoms with Crippen molar-refractivity contribution < 1.29 is 14.2 Å². The van der Waals surface area contributed by atoms with Crippen LogP contribution < -0.4 is 14.8 Å². The lowest BCUT2D eigenvalue weighted by Gasteiger charge is -2.34. The van der Waals surface area contributed by atoms with Crippen molar-refractivity contribution in [3.05, 3.63) is 42.0 Å². The molecule has 0 radical (unpaired) electrons. The van der Waals surface area contributed by atoms with Crippen molar-refractivity contribution in [1.29, 1.82) is 0 Å². The summed E-state index contributed by atoms with van der Waals surface area (Å²) in [6, 6.07) is 6.93. The van der Waals surface area contributed by atoms with Crippen LogP contribution in [0, 0.1) is 0 Å². The van der Waals surface area contributed by atoms with Gasteiger partial charge in [0.2, 0.25) is 6.79 Å². The second-order valence-corrected chi connectivity index (χ2v) is 7.41. The van der Waals surface area contributed by atoms with E-state index in [1.54, 1.807) is 0 Å². The molecule has 0 aliphatic carbocycles. The smallest absolute Gasteiger partial charge is 0.231 e. The van der Waals surface area contributed by atoms with Crippen LogP contribution in [0.5, 0.6) is 11.5 Å². The number of aryl methyl sites for hydroxylation is 2. The Balaban J connectivity index is 1.35. The molecule has 27 heavy (non-hydrogen) atoms. The topological polar surface area (TPSA) is 57.5 Å². The molecular weight excluding hydrogens is 342 g/mol. The highest BCUT2D eigenvalue weighted by Crippen LogP contribution is 2.33. The number of fused-ring (bicyclic) bond motifs is 1. The quantitative estimate of drug-likeness (QED) is 0.808. The molecule has 0 saturated carbocycles. The minimum atomic E-state index is 0.0293. The summed E-state index contributed by atoms with van der Waals surface area (Å²) in [7, 11) is 0. The highest BCUT2D eigenvalue weighted by molar-refractivity contribution is 5.44. The maximum atomic E-state index is 6.12. The summed E-state index contributed by atoms with van der Waals surface area (Å²) in [6.07, 6.45) is 8.22. The van der Waals surface area contributed by atoms with E-state index in [9.17, 15) is 0 Å². The first kappa shape index (κ1) is 18.3. The number of ether oxygens (including phenoxy) is 3. The van der Waals surface area contributed by atoms with Crippen LogP contribution in [-0.4, -0.2) is 35.0 Å². The number of rotatable bonds is 7. The van der Waals surface area contributed by atoms with E-state index in [0.717, 1.165) is 56.2 Å². The van der Waals surface area contributed by atoms with Gasteiger partial charge in [0.1, 0.15) is 11.9 Å². The van der Waals surface area contributed by atoms with E-state index >= 15 is 0 Å². The van der Waals surface area contributed by atoms with Crippen molar-refractivity contribution in [3.8, 4) is 11.5 Å². The number of benzene rings is 1. The molecule has 1 fully saturated rings. The molecule has 1 aromatic heterocycles. The first-order valence-electron chi connectivity index (χ1n) is 10.0. The van der Waals surface area contributed by atoms with Crippen molar-refractivity contribution in [3.63, 3.8) is 0 Å². The van der Waals surface area contributed by atoms with E-state index in [2.05, 4.69) is 40.8 Å². The van der Waals surface area contributed by atoms with Crippen LogP contribution in [-0.2, 0) is 17.7 Å².